The standard InChI is InChI=1S/C11H12NS.HI/c1-3-8-12-9(2)13-11-7-5-4-6-10(11)12;/h3-7H,1,8H2,2H3;1H/q+1;/p-1. The highest BCUT2D eigenvalue weighted by Gasteiger charge is 2.13. The second-order valence-electron chi connectivity index (χ2n) is 2.99. The Morgan fingerprint density at radius 3 is 2.86 bits per heavy atom. The molecule has 1 aromatic carbocycles. The van der Waals surface area contributed by atoms with Gasteiger partial charge in [-0.25, -0.2) is 0 Å². The van der Waals surface area contributed by atoms with Crippen molar-refractivity contribution in [2.75, 3.05) is 0 Å². The molecule has 0 N–H and O–H groups in total. The van der Waals surface area contributed by atoms with Gasteiger partial charge in [-0.1, -0.05) is 30.0 Å². The van der Waals surface area contributed by atoms with E-state index in [0.29, 0.717) is 0 Å². The maximum absolute atomic E-state index is 3.77. The molecule has 0 saturated heterocycles. The summed E-state index contributed by atoms with van der Waals surface area (Å²) in [6.45, 7) is 6.81. The molecule has 0 saturated carbocycles. The maximum atomic E-state index is 3.77. The number of para-hydroxylation sites is 1. The molecule has 74 valence electrons. The molecule has 0 aliphatic rings. The average molecular weight is 317 g/mol. The Labute approximate surface area is 105 Å². The number of benzene rings is 1. The quantitative estimate of drug-likeness (QED) is 0.406. The lowest BCUT2D eigenvalue weighted by Gasteiger charge is -1.89. The highest BCUT2D eigenvalue weighted by Crippen LogP contribution is 2.18. The predicted molar refractivity (Wildman–Crippen MR) is 57.0 cm³/mol. The first kappa shape index (κ1) is 11.7. The number of nitrogens with zero attached hydrogens (tertiary/aromatic N) is 1. The van der Waals surface area contributed by atoms with Gasteiger partial charge in [-0.15, -0.1) is 0 Å². The van der Waals surface area contributed by atoms with Crippen LogP contribution in [0.25, 0.3) is 10.2 Å². The van der Waals surface area contributed by atoms with Gasteiger partial charge in [0.15, 0.2) is 6.54 Å². The third kappa shape index (κ3) is 1.98. The summed E-state index contributed by atoms with van der Waals surface area (Å²) in [6, 6.07) is 8.47. The maximum Gasteiger partial charge on any atom is 0.235 e. The second-order valence-corrected chi connectivity index (χ2v) is 4.22. The Kier molecular flexibility index (Phi) is 4.07. The number of rotatable bonds is 2. The van der Waals surface area contributed by atoms with Crippen molar-refractivity contribution in [3.05, 3.63) is 41.9 Å². The van der Waals surface area contributed by atoms with E-state index >= 15 is 0 Å². The summed E-state index contributed by atoms with van der Waals surface area (Å²) >= 11 is 1.83. The molecule has 3 heteroatoms. The molecular formula is C11H12INS. The van der Waals surface area contributed by atoms with E-state index in [1.165, 1.54) is 15.2 Å². The van der Waals surface area contributed by atoms with Crippen molar-refractivity contribution in [3.63, 3.8) is 0 Å². The van der Waals surface area contributed by atoms with Crippen LogP contribution in [0.1, 0.15) is 5.01 Å². The summed E-state index contributed by atoms with van der Waals surface area (Å²) in [5.74, 6) is 0. The lowest BCUT2D eigenvalue weighted by Crippen LogP contribution is -3.00. The van der Waals surface area contributed by atoms with Crippen LogP contribution in [0.3, 0.4) is 0 Å². The predicted octanol–water partition coefficient (Wildman–Crippen LogP) is -0.313. The van der Waals surface area contributed by atoms with E-state index in [9.17, 15) is 0 Å². The van der Waals surface area contributed by atoms with Crippen molar-refractivity contribution >= 4 is 21.6 Å². The fraction of sp³-hybridized carbons (Fsp3) is 0.182. The second kappa shape index (κ2) is 4.89. The molecule has 0 unspecified atom stereocenters. The summed E-state index contributed by atoms with van der Waals surface area (Å²) < 4.78 is 3.63. The smallest absolute Gasteiger partial charge is 0.235 e. The average Bonchev–Trinajstić information content (AvgIpc) is 2.44. The molecule has 1 aromatic heterocycles. The van der Waals surface area contributed by atoms with Crippen molar-refractivity contribution in [1.82, 2.24) is 0 Å². The van der Waals surface area contributed by atoms with Gasteiger partial charge in [0, 0.05) is 13.0 Å². The van der Waals surface area contributed by atoms with Crippen LogP contribution in [-0.2, 0) is 6.54 Å². The molecule has 0 amide bonds. The SMILES string of the molecule is C=CC[n+]1c(C)sc2ccccc21.[I-]. The lowest BCUT2D eigenvalue weighted by molar-refractivity contribution is -0.662. The van der Waals surface area contributed by atoms with E-state index in [1.807, 2.05) is 17.4 Å². The third-order valence-electron chi connectivity index (χ3n) is 2.11. The van der Waals surface area contributed by atoms with Crippen LogP contribution >= 0.6 is 11.3 Å². The minimum absolute atomic E-state index is 0. The first-order valence-electron chi connectivity index (χ1n) is 4.32. The Balaban J connectivity index is 0.000000980. The van der Waals surface area contributed by atoms with Gasteiger partial charge in [-0.05, 0) is 12.1 Å². The normalized spacial score (nSPS) is 9.79. The number of thiazole rings is 1. The Hall–Kier alpha value is -0.420. The van der Waals surface area contributed by atoms with Crippen LogP contribution in [0.15, 0.2) is 36.9 Å². The van der Waals surface area contributed by atoms with E-state index in [4.69, 9.17) is 0 Å². The number of halogens is 1. The zero-order chi connectivity index (χ0) is 9.26. The molecule has 0 spiro atoms. The van der Waals surface area contributed by atoms with Crippen LogP contribution in [0.5, 0.6) is 0 Å². The van der Waals surface area contributed by atoms with E-state index < -0.39 is 0 Å². The van der Waals surface area contributed by atoms with Crippen LogP contribution in [0.4, 0.5) is 0 Å². The number of hydrogen-bond acceptors (Lipinski definition) is 1. The Morgan fingerprint density at radius 1 is 1.43 bits per heavy atom. The summed E-state index contributed by atoms with van der Waals surface area (Å²) in [5, 5.41) is 1.33. The number of aromatic nitrogens is 1. The monoisotopic (exact) mass is 317 g/mol. The van der Waals surface area contributed by atoms with Crippen molar-refractivity contribution in [2.45, 2.75) is 13.5 Å². The first-order valence-corrected chi connectivity index (χ1v) is 5.13. The van der Waals surface area contributed by atoms with Gasteiger partial charge in [-0.3, -0.25) is 0 Å². The first-order chi connectivity index (χ1) is 6.33. The lowest BCUT2D eigenvalue weighted by atomic mass is 10.3. The van der Waals surface area contributed by atoms with Crippen LogP contribution < -0.4 is 28.5 Å². The molecule has 0 fully saturated rings. The fourth-order valence-corrected chi connectivity index (χ4v) is 2.54. The van der Waals surface area contributed by atoms with Crippen molar-refractivity contribution in [2.24, 2.45) is 0 Å². The highest BCUT2D eigenvalue weighted by atomic mass is 127. The van der Waals surface area contributed by atoms with Gasteiger partial charge in [0.05, 0.1) is 0 Å². The molecular weight excluding hydrogens is 305 g/mol. The van der Waals surface area contributed by atoms with Crippen molar-refractivity contribution in [1.29, 1.82) is 0 Å². The third-order valence-corrected chi connectivity index (χ3v) is 3.19. The van der Waals surface area contributed by atoms with Gasteiger partial charge < -0.3 is 24.0 Å². The van der Waals surface area contributed by atoms with Gasteiger partial charge >= 0.3 is 0 Å². The Bertz CT molecular complexity index is 447. The number of fused-ring (bicyclic) bond motifs is 1. The summed E-state index contributed by atoms with van der Waals surface area (Å²) in [4.78, 5) is 0. The highest BCUT2D eigenvalue weighted by molar-refractivity contribution is 7.18. The van der Waals surface area contributed by atoms with E-state index in [2.05, 4.69) is 42.3 Å². The van der Waals surface area contributed by atoms with Crippen LogP contribution in [0, 0.1) is 6.92 Å². The summed E-state index contributed by atoms with van der Waals surface area (Å²) in [7, 11) is 0. The molecule has 1 heterocycles. The zero-order valence-corrected chi connectivity index (χ0v) is 11.0. The molecule has 14 heavy (non-hydrogen) atoms. The van der Waals surface area contributed by atoms with Crippen LogP contribution in [0.2, 0.25) is 0 Å². The largest absolute Gasteiger partial charge is 1.00 e. The van der Waals surface area contributed by atoms with E-state index in [0.717, 1.165) is 6.54 Å². The van der Waals surface area contributed by atoms with Crippen LogP contribution in [-0.4, -0.2) is 0 Å². The Morgan fingerprint density at radius 2 is 2.14 bits per heavy atom. The number of allylic oxidation sites excluding steroid dienone is 1. The minimum atomic E-state index is 0. The molecule has 0 radical (unpaired) electrons. The van der Waals surface area contributed by atoms with Gasteiger partial charge in [0.25, 0.3) is 0 Å². The minimum Gasteiger partial charge on any atom is -1.00 e. The summed E-state index contributed by atoms with van der Waals surface area (Å²) in [6.07, 6.45) is 1.94. The topological polar surface area (TPSA) is 3.88 Å². The molecule has 0 aliphatic carbocycles. The summed E-state index contributed by atoms with van der Waals surface area (Å²) in [5.41, 5.74) is 1.31. The van der Waals surface area contributed by atoms with Gasteiger partial charge in [0.2, 0.25) is 10.5 Å². The van der Waals surface area contributed by atoms with Crippen molar-refractivity contribution < 1.29 is 28.5 Å². The van der Waals surface area contributed by atoms with Crippen molar-refractivity contribution in [3.8, 4) is 0 Å². The molecule has 0 aliphatic heterocycles. The number of aryl methyl sites for hydroxylation is 1. The van der Waals surface area contributed by atoms with E-state index in [-0.39, 0.29) is 24.0 Å². The zero-order valence-electron chi connectivity index (χ0n) is 8.03. The molecule has 2 rings (SSSR count). The molecule has 1 nitrogen and oxygen atoms in total. The van der Waals surface area contributed by atoms with Gasteiger partial charge in [0.1, 0.15) is 4.70 Å². The molecule has 0 atom stereocenters. The number of hydrogen-bond donors (Lipinski definition) is 0. The fourth-order valence-electron chi connectivity index (χ4n) is 1.51. The van der Waals surface area contributed by atoms with E-state index in [1.54, 1.807) is 0 Å². The van der Waals surface area contributed by atoms with Gasteiger partial charge in [-0.2, -0.15) is 4.57 Å². The molecule has 0 bridgehead atoms. The molecule has 2 aromatic rings.